The van der Waals surface area contributed by atoms with Gasteiger partial charge in [0, 0.05) is 23.5 Å². The quantitative estimate of drug-likeness (QED) is 0.336. The zero-order valence-corrected chi connectivity index (χ0v) is 17.0. The molecule has 1 aliphatic carbocycles. The van der Waals surface area contributed by atoms with Gasteiger partial charge in [-0.1, -0.05) is 25.0 Å². The van der Waals surface area contributed by atoms with E-state index in [1.807, 2.05) is 0 Å². The number of nitro groups is 1. The number of nitro benzene ring substituents is 1. The Morgan fingerprint density at radius 2 is 2.00 bits per heavy atom. The van der Waals surface area contributed by atoms with Gasteiger partial charge in [-0.25, -0.2) is 14.4 Å². The number of fused-ring (bicyclic) bond motifs is 1. The van der Waals surface area contributed by atoms with Crippen LogP contribution in [0.5, 0.6) is 0 Å². The van der Waals surface area contributed by atoms with Crippen LogP contribution in [-0.4, -0.2) is 32.9 Å². The van der Waals surface area contributed by atoms with E-state index in [1.165, 1.54) is 12.3 Å². The number of carbonyl (C=O) groups excluding carboxylic acids is 1. The van der Waals surface area contributed by atoms with Crippen LogP contribution >= 0.6 is 0 Å². The van der Waals surface area contributed by atoms with Crippen molar-refractivity contribution in [3.63, 3.8) is 0 Å². The van der Waals surface area contributed by atoms with Gasteiger partial charge in [0.05, 0.1) is 22.4 Å². The Kier molecular flexibility index (Phi) is 5.82. The molecule has 1 saturated carbocycles. The van der Waals surface area contributed by atoms with Crippen LogP contribution in [0.1, 0.15) is 36.0 Å². The smallest absolute Gasteiger partial charge is 0.295 e. The van der Waals surface area contributed by atoms with Gasteiger partial charge < -0.3 is 22.1 Å². The number of rotatable bonds is 6. The van der Waals surface area contributed by atoms with Crippen molar-refractivity contribution in [2.45, 2.75) is 37.8 Å². The minimum Gasteiger partial charge on any atom is -0.365 e. The number of benzene rings is 1. The van der Waals surface area contributed by atoms with Gasteiger partial charge in [-0.15, -0.1) is 0 Å². The van der Waals surface area contributed by atoms with Crippen molar-refractivity contribution in [2.75, 3.05) is 10.6 Å². The number of aromatic nitrogens is 2. The summed E-state index contributed by atoms with van der Waals surface area (Å²) in [5.41, 5.74) is 11.9. The van der Waals surface area contributed by atoms with E-state index in [2.05, 4.69) is 20.6 Å². The van der Waals surface area contributed by atoms with Crippen molar-refractivity contribution in [3.8, 4) is 0 Å². The van der Waals surface area contributed by atoms with Crippen molar-refractivity contribution in [3.05, 3.63) is 58.0 Å². The van der Waals surface area contributed by atoms with Crippen LogP contribution in [0, 0.1) is 15.9 Å². The normalized spacial score (nSPS) is 18.3. The molecule has 1 amide bonds. The third-order valence-corrected chi connectivity index (χ3v) is 5.53. The van der Waals surface area contributed by atoms with Gasteiger partial charge in [0.15, 0.2) is 11.6 Å². The first kappa shape index (κ1) is 21.4. The number of anilines is 3. The zero-order valence-electron chi connectivity index (χ0n) is 17.0. The highest BCUT2D eigenvalue weighted by Gasteiger charge is 2.24. The van der Waals surface area contributed by atoms with Crippen LogP contribution in [0.3, 0.4) is 0 Å². The van der Waals surface area contributed by atoms with Crippen LogP contribution in [0.4, 0.5) is 27.4 Å². The molecule has 2 atom stereocenters. The molecule has 4 rings (SSSR count). The first-order chi connectivity index (χ1) is 15.3. The molecule has 1 aromatic carbocycles. The fourth-order valence-corrected chi connectivity index (χ4v) is 3.88. The van der Waals surface area contributed by atoms with Gasteiger partial charge >= 0.3 is 0 Å². The van der Waals surface area contributed by atoms with Gasteiger partial charge in [0.2, 0.25) is 0 Å². The number of hydrogen-bond acceptors (Lipinski definition) is 8. The lowest BCUT2D eigenvalue weighted by Gasteiger charge is -2.30. The molecule has 0 bridgehead atoms. The standard InChI is InChI=1S/C21H22FN7O3/c22-14-9-13(19(24)30)20(28-21(14)27-16-6-2-1-5-15(16)23)26-12-8-11-4-3-7-17(29(31)32)18(11)25-10-12/h3-4,7-10,15-16H,1-2,5-6,23H2,(H2,24,30)(H2,26,27,28). The van der Waals surface area contributed by atoms with E-state index in [0.29, 0.717) is 11.1 Å². The largest absolute Gasteiger partial charge is 0.365 e. The number of hydrogen-bond donors (Lipinski definition) is 4. The summed E-state index contributed by atoms with van der Waals surface area (Å²) < 4.78 is 14.7. The van der Waals surface area contributed by atoms with E-state index in [1.54, 1.807) is 18.2 Å². The summed E-state index contributed by atoms with van der Waals surface area (Å²) in [5.74, 6) is -1.57. The molecule has 32 heavy (non-hydrogen) atoms. The molecule has 0 radical (unpaired) electrons. The SMILES string of the molecule is NC(=O)c1cc(F)c(NC2CCCCC2N)nc1Nc1cnc2c([N+](=O)[O-])cccc2c1. The third kappa shape index (κ3) is 4.28. The highest BCUT2D eigenvalue weighted by molar-refractivity contribution is 5.99. The van der Waals surface area contributed by atoms with Crippen LogP contribution in [0.15, 0.2) is 36.5 Å². The van der Waals surface area contributed by atoms with E-state index in [4.69, 9.17) is 11.5 Å². The molecule has 1 aliphatic rings. The average molecular weight is 439 g/mol. The number of non-ortho nitro benzene ring substituents is 1. The number of nitrogens with two attached hydrogens (primary N) is 2. The molecule has 0 spiro atoms. The lowest BCUT2D eigenvalue weighted by molar-refractivity contribution is -0.383. The van der Waals surface area contributed by atoms with E-state index in [0.717, 1.165) is 31.7 Å². The first-order valence-corrected chi connectivity index (χ1v) is 10.2. The second-order valence-electron chi connectivity index (χ2n) is 7.73. The highest BCUT2D eigenvalue weighted by atomic mass is 19.1. The summed E-state index contributed by atoms with van der Waals surface area (Å²) in [5, 5.41) is 17.7. The summed E-state index contributed by atoms with van der Waals surface area (Å²) in [6, 6.07) is 6.96. The van der Waals surface area contributed by atoms with E-state index in [9.17, 15) is 19.3 Å². The number of nitrogens with one attached hydrogen (secondary N) is 2. The van der Waals surface area contributed by atoms with Crippen molar-refractivity contribution >= 4 is 39.8 Å². The number of nitrogens with zero attached hydrogens (tertiary/aromatic N) is 3. The molecule has 2 heterocycles. The molecule has 11 heteroatoms. The molecule has 0 saturated heterocycles. The number of pyridine rings is 2. The average Bonchev–Trinajstić information content (AvgIpc) is 2.76. The van der Waals surface area contributed by atoms with E-state index in [-0.39, 0.29) is 40.5 Å². The minimum absolute atomic E-state index is 0.0377. The van der Waals surface area contributed by atoms with Crippen molar-refractivity contribution in [1.82, 2.24) is 9.97 Å². The Morgan fingerprint density at radius 1 is 1.22 bits per heavy atom. The highest BCUT2D eigenvalue weighted by Crippen LogP contribution is 2.29. The Labute approximate surface area is 182 Å². The van der Waals surface area contributed by atoms with Gasteiger partial charge in [-0.05, 0) is 25.0 Å². The summed E-state index contributed by atoms with van der Waals surface area (Å²) in [6.07, 6.45) is 4.99. The molecule has 1 fully saturated rings. The molecule has 6 N–H and O–H groups in total. The van der Waals surface area contributed by atoms with Gasteiger partial charge in [-0.3, -0.25) is 14.9 Å². The van der Waals surface area contributed by atoms with Crippen molar-refractivity contribution in [2.24, 2.45) is 11.5 Å². The Bertz CT molecular complexity index is 1200. The Morgan fingerprint density at radius 3 is 2.72 bits per heavy atom. The fourth-order valence-electron chi connectivity index (χ4n) is 3.88. The second kappa shape index (κ2) is 8.71. The van der Waals surface area contributed by atoms with Crippen LogP contribution in [0.2, 0.25) is 0 Å². The van der Waals surface area contributed by atoms with Crippen LogP contribution < -0.4 is 22.1 Å². The van der Waals surface area contributed by atoms with Crippen molar-refractivity contribution < 1.29 is 14.1 Å². The maximum Gasteiger partial charge on any atom is 0.295 e. The number of carbonyl (C=O) groups is 1. The third-order valence-electron chi connectivity index (χ3n) is 5.53. The lowest BCUT2D eigenvalue weighted by Crippen LogP contribution is -2.43. The molecule has 3 aromatic rings. The summed E-state index contributed by atoms with van der Waals surface area (Å²) in [6.45, 7) is 0. The Hall–Kier alpha value is -3.86. The monoisotopic (exact) mass is 439 g/mol. The summed E-state index contributed by atoms with van der Waals surface area (Å²) in [4.78, 5) is 31.0. The van der Waals surface area contributed by atoms with Crippen molar-refractivity contribution in [1.29, 1.82) is 0 Å². The summed E-state index contributed by atoms with van der Waals surface area (Å²) in [7, 11) is 0. The van der Waals surface area contributed by atoms with Gasteiger partial charge in [-0.2, -0.15) is 0 Å². The number of primary amides is 1. The van der Waals surface area contributed by atoms with Crippen LogP contribution in [0.25, 0.3) is 10.9 Å². The number of para-hydroxylation sites is 1. The molecule has 0 aliphatic heterocycles. The van der Waals surface area contributed by atoms with E-state index >= 15 is 0 Å². The maximum atomic E-state index is 14.7. The van der Waals surface area contributed by atoms with Crippen LogP contribution in [-0.2, 0) is 0 Å². The minimum atomic E-state index is -0.857. The van der Waals surface area contributed by atoms with E-state index < -0.39 is 16.6 Å². The van der Waals surface area contributed by atoms with Gasteiger partial charge in [0.25, 0.3) is 11.6 Å². The molecular weight excluding hydrogens is 417 g/mol. The predicted molar refractivity (Wildman–Crippen MR) is 118 cm³/mol. The topological polar surface area (TPSA) is 162 Å². The number of halogens is 1. The first-order valence-electron chi connectivity index (χ1n) is 10.2. The fraction of sp³-hybridized carbons (Fsp3) is 0.286. The molecule has 2 aromatic heterocycles. The number of amides is 1. The predicted octanol–water partition coefficient (Wildman–Crippen LogP) is 3.20. The Balaban J connectivity index is 1.69. The maximum absolute atomic E-state index is 14.7. The summed E-state index contributed by atoms with van der Waals surface area (Å²) >= 11 is 0. The molecule has 2 unspecified atom stereocenters. The van der Waals surface area contributed by atoms with Gasteiger partial charge in [0.1, 0.15) is 11.3 Å². The molecular formula is C21H22FN7O3. The zero-order chi connectivity index (χ0) is 22.8. The second-order valence-corrected chi connectivity index (χ2v) is 7.73. The molecule has 10 nitrogen and oxygen atoms in total. The molecule has 166 valence electrons. The lowest BCUT2D eigenvalue weighted by atomic mass is 9.91.